The third-order valence-corrected chi connectivity index (χ3v) is 4.29. The first-order valence-electron chi connectivity index (χ1n) is 7.56. The van der Waals surface area contributed by atoms with Gasteiger partial charge >= 0.3 is 0 Å². The van der Waals surface area contributed by atoms with Crippen LogP contribution in [-0.4, -0.2) is 31.4 Å². The first kappa shape index (κ1) is 14.1. The number of hydrogen-bond donors (Lipinski definition) is 2. The Morgan fingerprint density at radius 3 is 2.90 bits per heavy atom. The van der Waals surface area contributed by atoms with Crippen molar-refractivity contribution in [2.24, 2.45) is 12.8 Å². The topological polar surface area (TPSA) is 90.8 Å². The second-order valence-electron chi connectivity index (χ2n) is 5.69. The van der Waals surface area contributed by atoms with Crippen molar-refractivity contribution in [3.05, 3.63) is 16.6 Å². The molecule has 2 heterocycles. The van der Waals surface area contributed by atoms with Crippen LogP contribution in [0.15, 0.2) is 11.0 Å². The molecule has 21 heavy (non-hydrogen) atoms. The molecule has 114 valence electrons. The number of aromatic nitrogens is 4. The molecule has 3 rings (SSSR count). The average Bonchev–Trinajstić information content (AvgIpc) is 2.83. The van der Waals surface area contributed by atoms with Crippen LogP contribution in [0.5, 0.6) is 0 Å². The molecular weight excluding hydrogens is 268 g/mol. The zero-order valence-corrected chi connectivity index (χ0v) is 12.5. The minimum absolute atomic E-state index is 0.122. The zero-order valence-electron chi connectivity index (χ0n) is 12.5. The van der Waals surface area contributed by atoms with E-state index in [1.54, 1.807) is 13.2 Å². The molecule has 0 aromatic carbocycles. The highest BCUT2D eigenvalue weighted by molar-refractivity contribution is 5.76. The largest absolute Gasteiger partial charge is 0.351 e. The predicted octanol–water partition coefficient (Wildman–Crippen LogP) is 0.832. The molecule has 1 saturated carbocycles. The first-order chi connectivity index (χ1) is 10.1. The van der Waals surface area contributed by atoms with Gasteiger partial charge in [0.05, 0.1) is 6.20 Å². The molecule has 1 aliphatic carbocycles. The summed E-state index contributed by atoms with van der Waals surface area (Å²) in [5.41, 5.74) is 7.30. The molecule has 0 radical (unpaired) electrons. The first-order valence-corrected chi connectivity index (χ1v) is 7.56. The summed E-state index contributed by atoms with van der Waals surface area (Å²) in [6.45, 7) is 2.69. The Bertz CT molecular complexity index is 703. The predicted molar refractivity (Wildman–Crippen MR) is 82.3 cm³/mol. The smallest absolute Gasteiger partial charge is 0.292 e. The van der Waals surface area contributed by atoms with Crippen molar-refractivity contribution in [1.29, 1.82) is 0 Å². The van der Waals surface area contributed by atoms with E-state index in [1.807, 2.05) is 11.5 Å². The van der Waals surface area contributed by atoms with Crippen LogP contribution in [0.2, 0.25) is 0 Å². The molecule has 0 bridgehead atoms. The molecule has 7 heteroatoms. The second kappa shape index (κ2) is 5.48. The van der Waals surface area contributed by atoms with E-state index < -0.39 is 0 Å². The lowest BCUT2D eigenvalue weighted by molar-refractivity contribution is 0.401. The standard InChI is InChI=1S/C14H22N6O/c1-3-20-12-11(8-16-19(2)13(12)21)18-14(20)17-10-7-5-4-6-9(10)15/h8-10H,3-7,15H2,1-2H3,(H,17,18)/t9-,10+/m0/s1. The molecule has 2 aromatic rings. The summed E-state index contributed by atoms with van der Waals surface area (Å²) in [7, 11) is 1.65. The SMILES string of the molecule is CCn1c(N[C@@H]2CCCC[C@@H]2N)nc2cnn(C)c(=O)c21. The third kappa shape index (κ3) is 2.42. The maximum Gasteiger partial charge on any atom is 0.292 e. The van der Waals surface area contributed by atoms with Gasteiger partial charge in [-0.05, 0) is 19.8 Å². The van der Waals surface area contributed by atoms with Gasteiger partial charge in [-0.25, -0.2) is 9.67 Å². The minimum atomic E-state index is -0.122. The van der Waals surface area contributed by atoms with Gasteiger partial charge in [0, 0.05) is 25.7 Å². The molecule has 0 unspecified atom stereocenters. The van der Waals surface area contributed by atoms with Crippen LogP contribution in [0, 0.1) is 0 Å². The molecule has 3 N–H and O–H groups in total. The van der Waals surface area contributed by atoms with Gasteiger partial charge in [0.15, 0.2) is 0 Å². The summed E-state index contributed by atoms with van der Waals surface area (Å²) in [5, 5.41) is 7.47. The van der Waals surface area contributed by atoms with E-state index in [1.165, 1.54) is 17.5 Å². The van der Waals surface area contributed by atoms with Gasteiger partial charge in [-0.3, -0.25) is 4.79 Å². The summed E-state index contributed by atoms with van der Waals surface area (Å²) >= 11 is 0. The quantitative estimate of drug-likeness (QED) is 0.874. The van der Waals surface area contributed by atoms with Gasteiger partial charge < -0.3 is 15.6 Å². The molecule has 1 fully saturated rings. The van der Waals surface area contributed by atoms with E-state index in [9.17, 15) is 4.79 Å². The van der Waals surface area contributed by atoms with Gasteiger partial charge in [-0.1, -0.05) is 12.8 Å². The Morgan fingerprint density at radius 2 is 2.19 bits per heavy atom. The number of imidazole rings is 1. The number of nitrogens with one attached hydrogen (secondary N) is 1. The van der Waals surface area contributed by atoms with Crippen molar-refractivity contribution in [2.75, 3.05) is 5.32 Å². The summed E-state index contributed by atoms with van der Waals surface area (Å²) in [4.78, 5) is 16.8. The Morgan fingerprint density at radius 1 is 1.43 bits per heavy atom. The molecule has 2 atom stereocenters. The van der Waals surface area contributed by atoms with E-state index in [0.29, 0.717) is 17.6 Å². The fourth-order valence-corrected chi connectivity index (χ4v) is 3.06. The molecule has 0 spiro atoms. The Balaban J connectivity index is 2.02. The normalized spacial score (nSPS) is 22.6. The van der Waals surface area contributed by atoms with E-state index in [4.69, 9.17) is 5.73 Å². The van der Waals surface area contributed by atoms with E-state index in [0.717, 1.165) is 18.8 Å². The number of nitrogens with zero attached hydrogens (tertiary/aromatic N) is 4. The van der Waals surface area contributed by atoms with Crippen LogP contribution >= 0.6 is 0 Å². The lowest BCUT2D eigenvalue weighted by Gasteiger charge is -2.29. The highest BCUT2D eigenvalue weighted by atomic mass is 16.1. The molecule has 0 amide bonds. The molecule has 0 saturated heterocycles. The monoisotopic (exact) mass is 290 g/mol. The van der Waals surface area contributed by atoms with Gasteiger partial charge in [0.1, 0.15) is 11.0 Å². The van der Waals surface area contributed by atoms with Crippen LogP contribution in [0.4, 0.5) is 5.95 Å². The summed E-state index contributed by atoms with van der Waals surface area (Å²) in [6.07, 6.45) is 6.08. The molecule has 1 aliphatic rings. The van der Waals surface area contributed by atoms with E-state index >= 15 is 0 Å². The Kier molecular flexibility index (Phi) is 3.67. The van der Waals surface area contributed by atoms with Crippen LogP contribution in [0.3, 0.4) is 0 Å². The highest BCUT2D eigenvalue weighted by Gasteiger charge is 2.24. The van der Waals surface area contributed by atoms with Gasteiger partial charge in [-0.15, -0.1) is 0 Å². The van der Waals surface area contributed by atoms with Crippen LogP contribution < -0.4 is 16.6 Å². The van der Waals surface area contributed by atoms with E-state index in [-0.39, 0.29) is 17.6 Å². The number of fused-ring (bicyclic) bond motifs is 1. The van der Waals surface area contributed by atoms with Crippen molar-refractivity contribution >= 4 is 17.0 Å². The maximum atomic E-state index is 12.3. The van der Waals surface area contributed by atoms with Gasteiger partial charge in [-0.2, -0.15) is 5.10 Å². The van der Waals surface area contributed by atoms with Crippen molar-refractivity contribution in [3.8, 4) is 0 Å². The summed E-state index contributed by atoms with van der Waals surface area (Å²) in [5.74, 6) is 0.722. The average molecular weight is 290 g/mol. The van der Waals surface area contributed by atoms with Crippen LogP contribution in [0.1, 0.15) is 32.6 Å². The zero-order chi connectivity index (χ0) is 15.0. The Labute approximate surface area is 123 Å². The lowest BCUT2D eigenvalue weighted by atomic mass is 9.91. The van der Waals surface area contributed by atoms with Crippen molar-refractivity contribution in [2.45, 2.75) is 51.2 Å². The lowest BCUT2D eigenvalue weighted by Crippen LogP contribution is -2.43. The number of aryl methyl sites for hydroxylation is 2. The minimum Gasteiger partial charge on any atom is -0.351 e. The van der Waals surface area contributed by atoms with Crippen molar-refractivity contribution in [1.82, 2.24) is 19.3 Å². The van der Waals surface area contributed by atoms with Crippen molar-refractivity contribution in [3.63, 3.8) is 0 Å². The number of anilines is 1. The number of hydrogen-bond acceptors (Lipinski definition) is 5. The van der Waals surface area contributed by atoms with Crippen LogP contribution in [0.25, 0.3) is 11.0 Å². The molecular formula is C14H22N6O. The second-order valence-corrected chi connectivity index (χ2v) is 5.69. The fourth-order valence-electron chi connectivity index (χ4n) is 3.06. The van der Waals surface area contributed by atoms with Gasteiger partial charge in [0.25, 0.3) is 5.56 Å². The van der Waals surface area contributed by atoms with E-state index in [2.05, 4.69) is 15.4 Å². The molecule has 7 nitrogen and oxygen atoms in total. The fraction of sp³-hybridized carbons (Fsp3) is 0.643. The molecule has 2 aromatic heterocycles. The summed E-state index contributed by atoms with van der Waals surface area (Å²) < 4.78 is 3.26. The maximum absolute atomic E-state index is 12.3. The molecule has 0 aliphatic heterocycles. The van der Waals surface area contributed by atoms with Crippen molar-refractivity contribution < 1.29 is 0 Å². The third-order valence-electron chi connectivity index (χ3n) is 4.29. The van der Waals surface area contributed by atoms with Gasteiger partial charge in [0.2, 0.25) is 5.95 Å². The Hall–Kier alpha value is -1.89. The summed E-state index contributed by atoms with van der Waals surface area (Å²) in [6, 6.07) is 0.363. The highest BCUT2D eigenvalue weighted by Crippen LogP contribution is 2.22. The number of nitrogens with two attached hydrogens (primary N) is 1. The number of rotatable bonds is 3. The van der Waals surface area contributed by atoms with Crippen LogP contribution in [-0.2, 0) is 13.6 Å².